The minimum absolute atomic E-state index is 1.16. The Bertz CT molecular complexity index is 470. The van der Waals surface area contributed by atoms with Crippen molar-refractivity contribution in [2.75, 3.05) is 0 Å². The number of halogens is 1. The molecule has 52 valence electrons. The Hall–Kier alpha value is -0.750. The quantitative estimate of drug-likeness (QED) is 0.480. The maximum atomic E-state index is 3.09. The Morgan fingerprint density at radius 1 is 1.27 bits per heavy atom. The van der Waals surface area contributed by atoms with Crippen LogP contribution >= 0.6 is 22.6 Å². The van der Waals surface area contributed by atoms with Crippen molar-refractivity contribution in [2.24, 2.45) is 0 Å². The average Bonchev–Trinajstić information content (AvgIpc) is 2.06. The van der Waals surface area contributed by atoms with E-state index in [0.29, 0.717) is 0 Å². The summed E-state index contributed by atoms with van der Waals surface area (Å²) in [5, 5.41) is 2.39. The minimum Gasteiger partial charge on any atom is -0.0695 e. The van der Waals surface area contributed by atoms with E-state index in [9.17, 15) is 0 Å². The van der Waals surface area contributed by atoms with Crippen LogP contribution in [0.2, 0.25) is 0 Å². The molecule has 0 unspecified atom stereocenters. The van der Waals surface area contributed by atoms with E-state index in [1.165, 1.54) is 8.79 Å². The summed E-state index contributed by atoms with van der Waals surface area (Å²) in [7, 11) is 0. The third-order valence-corrected chi connectivity index (χ3v) is 2.49. The van der Waals surface area contributed by atoms with E-state index in [1.54, 1.807) is 0 Å². The van der Waals surface area contributed by atoms with Crippen molar-refractivity contribution >= 4 is 34.4 Å². The topological polar surface area (TPSA) is 0 Å². The third kappa shape index (κ3) is 1.19. The molecule has 0 saturated carbocycles. The molecule has 1 aromatic rings. The molecule has 0 nitrogen and oxygen atoms in total. The van der Waals surface area contributed by atoms with Gasteiger partial charge in [0.15, 0.2) is 0 Å². The molecule has 0 amide bonds. The summed E-state index contributed by atoms with van der Waals surface area (Å²) in [6.45, 7) is 0. The van der Waals surface area contributed by atoms with Gasteiger partial charge in [0, 0.05) is 8.79 Å². The molecule has 1 aliphatic rings. The van der Waals surface area contributed by atoms with E-state index in [4.69, 9.17) is 0 Å². The molecule has 1 heteroatoms. The summed E-state index contributed by atoms with van der Waals surface area (Å²) in [6, 6.07) is 6.22. The van der Waals surface area contributed by atoms with Crippen molar-refractivity contribution in [2.45, 2.75) is 0 Å². The summed E-state index contributed by atoms with van der Waals surface area (Å²) in [5.74, 6) is 0. The van der Waals surface area contributed by atoms with Crippen LogP contribution in [0.25, 0.3) is 11.8 Å². The van der Waals surface area contributed by atoms with Gasteiger partial charge < -0.3 is 0 Å². The molecule has 11 heavy (non-hydrogen) atoms. The molecular weight excluding hydrogens is 247 g/mol. The standard InChI is InChI=1S/C10H5I/c11-10-7-3-5-8-4-1-2-6-9(8)10/h1,3-5,7H. The molecule has 0 radical (unpaired) electrons. The van der Waals surface area contributed by atoms with Gasteiger partial charge in [0.2, 0.25) is 0 Å². The highest BCUT2D eigenvalue weighted by atomic mass is 127. The van der Waals surface area contributed by atoms with E-state index in [-0.39, 0.29) is 0 Å². The van der Waals surface area contributed by atoms with Crippen LogP contribution in [0.4, 0.5) is 0 Å². The van der Waals surface area contributed by atoms with Crippen LogP contribution in [-0.4, -0.2) is 0 Å². The van der Waals surface area contributed by atoms with E-state index < -0.39 is 0 Å². The van der Waals surface area contributed by atoms with Crippen molar-refractivity contribution in [3.63, 3.8) is 0 Å². The fourth-order valence-electron chi connectivity index (χ4n) is 1.06. The van der Waals surface area contributed by atoms with E-state index >= 15 is 0 Å². The number of rotatable bonds is 0. The first kappa shape index (κ1) is 6.93. The van der Waals surface area contributed by atoms with Crippen molar-refractivity contribution < 1.29 is 0 Å². The largest absolute Gasteiger partial charge is 0.0695 e. The maximum absolute atomic E-state index is 3.09. The van der Waals surface area contributed by atoms with Crippen LogP contribution < -0.4 is 10.4 Å². The van der Waals surface area contributed by atoms with Gasteiger partial charge in [-0.25, -0.2) is 0 Å². The molecule has 0 atom stereocenters. The van der Waals surface area contributed by atoms with Gasteiger partial charge in [-0.05, 0) is 46.0 Å². The Kier molecular flexibility index (Phi) is 1.71. The second-order valence-corrected chi connectivity index (χ2v) is 3.47. The molecule has 1 aliphatic carbocycles. The van der Waals surface area contributed by atoms with Gasteiger partial charge in [-0.2, -0.15) is 0 Å². The number of hydrogen-bond acceptors (Lipinski definition) is 0. The predicted molar refractivity (Wildman–Crippen MR) is 54.4 cm³/mol. The highest BCUT2D eigenvalue weighted by molar-refractivity contribution is 14.1. The highest BCUT2D eigenvalue weighted by Crippen LogP contribution is 1.93. The lowest BCUT2D eigenvalue weighted by Gasteiger charge is -1.91. The Labute approximate surface area is 78.4 Å². The second-order valence-electron chi connectivity index (χ2n) is 2.31. The molecule has 1 aromatic carbocycles. The zero-order valence-electron chi connectivity index (χ0n) is 5.76. The summed E-state index contributed by atoms with van der Waals surface area (Å²) >= 11 is 2.31. The summed E-state index contributed by atoms with van der Waals surface area (Å²) in [4.78, 5) is 0. The van der Waals surface area contributed by atoms with Crippen molar-refractivity contribution in [3.05, 3.63) is 44.0 Å². The maximum Gasteiger partial charge on any atom is 0.0454 e. The van der Waals surface area contributed by atoms with Crippen molar-refractivity contribution in [1.82, 2.24) is 0 Å². The van der Waals surface area contributed by atoms with Crippen LogP contribution in [0.15, 0.2) is 30.0 Å². The molecule has 0 saturated heterocycles. The first-order chi connectivity index (χ1) is 5.38. The summed E-state index contributed by atoms with van der Waals surface area (Å²) in [6.07, 6.45) is 3.94. The van der Waals surface area contributed by atoms with Gasteiger partial charge in [-0.1, -0.05) is 23.6 Å². The van der Waals surface area contributed by atoms with E-state index in [0.717, 1.165) is 5.22 Å². The third-order valence-electron chi connectivity index (χ3n) is 1.59. The van der Waals surface area contributed by atoms with Gasteiger partial charge in [-0.3, -0.25) is 0 Å². The average molecular weight is 252 g/mol. The van der Waals surface area contributed by atoms with Crippen molar-refractivity contribution in [3.8, 4) is 0 Å². The first-order valence-corrected chi connectivity index (χ1v) is 4.42. The Morgan fingerprint density at radius 2 is 2.18 bits per heavy atom. The molecule has 0 bridgehead atoms. The predicted octanol–water partition coefficient (Wildman–Crippen LogP) is 1.18. The Morgan fingerprint density at radius 3 is 3.00 bits per heavy atom. The highest BCUT2D eigenvalue weighted by Gasteiger charge is 1.90. The summed E-state index contributed by atoms with van der Waals surface area (Å²) in [5.41, 5.74) is 6.03. The van der Waals surface area contributed by atoms with Crippen LogP contribution in [0.3, 0.4) is 0 Å². The van der Waals surface area contributed by atoms with E-state index in [2.05, 4.69) is 52.3 Å². The molecule has 2 rings (SSSR count). The van der Waals surface area contributed by atoms with Gasteiger partial charge in [0.05, 0.1) is 0 Å². The molecule has 0 aliphatic heterocycles. The lowest BCUT2D eigenvalue weighted by atomic mass is 10.2. The van der Waals surface area contributed by atoms with Crippen LogP contribution in [0.5, 0.6) is 0 Å². The molecule has 0 N–H and O–H groups in total. The number of hydrogen-bond donors (Lipinski definition) is 0. The van der Waals surface area contributed by atoms with Gasteiger partial charge in [0.1, 0.15) is 0 Å². The lowest BCUT2D eigenvalue weighted by molar-refractivity contribution is 1.47. The fraction of sp³-hybridized carbons (Fsp3) is 0. The lowest BCUT2D eigenvalue weighted by Crippen LogP contribution is -2.26. The smallest absolute Gasteiger partial charge is 0.0454 e. The molecular formula is C10H5I. The van der Waals surface area contributed by atoms with Gasteiger partial charge in [0.25, 0.3) is 0 Å². The normalized spacial score (nSPS) is 11.7. The van der Waals surface area contributed by atoms with Crippen LogP contribution in [-0.2, 0) is 0 Å². The zero-order chi connectivity index (χ0) is 7.68. The zero-order valence-corrected chi connectivity index (χ0v) is 7.92. The molecule has 0 aromatic heterocycles. The van der Waals surface area contributed by atoms with Gasteiger partial charge in [-0.15, -0.1) is 0 Å². The SMILES string of the molecule is Ic1cccc2c1=C=C=CC=2. The molecule has 0 fully saturated rings. The van der Waals surface area contributed by atoms with Crippen LogP contribution in [0.1, 0.15) is 0 Å². The van der Waals surface area contributed by atoms with Crippen molar-refractivity contribution in [1.29, 1.82) is 0 Å². The van der Waals surface area contributed by atoms with Gasteiger partial charge >= 0.3 is 0 Å². The van der Waals surface area contributed by atoms with E-state index in [1.807, 2.05) is 12.2 Å². The number of benzene rings is 1. The summed E-state index contributed by atoms with van der Waals surface area (Å²) < 4.78 is 1.23. The first-order valence-electron chi connectivity index (χ1n) is 3.34. The minimum atomic E-state index is 1.16. The number of allylic oxidation sites excluding steroid dienone is 1. The number of fused-ring (bicyclic) bond motifs is 1. The fourth-order valence-corrected chi connectivity index (χ4v) is 1.71. The van der Waals surface area contributed by atoms with Crippen LogP contribution in [0, 0.1) is 3.57 Å². The second kappa shape index (κ2) is 2.71. The molecule has 0 spiro atoms. The Balaban J connectivity index is 3.14. The monoisotopic (exact) mass is 252 g/mol. The molecule has 0 heterocycles.